The Labute approximate surface area is 118 Å². The number of sulfone groups is 1. The number of hydrogen-bond donors (Lipinski definition) is 1. The lowest BCUT2D eigenvalue weighted by Crippen LogP contribution is -3.00. The highest BCUT2D eigenvalue weighted by Gasteiger charge is 2.31. The van der Waals surface area contributed by atoms with Crippen LogP contribution in [0.1, 0.15) is 6.42 Å². The molecule has 1 aromatic carbocycles. The second kappa shape index (κ2) is 5.56. The second-order valence-electron chi connectivity index (χ2n) is 4.73. The average Bonchev–Trinajstić information content (AvgIpc) is 2.68. The largest absolute Gasteiger partial charge is 1.00 e. The zero-order chi connectivity index (χ0) is 12.6. The first kappa shape index (κ1) is 14.4. The van der Waals surface area contributed by atoms with E-state index in [4.69, 9.17) is 9.47 Å². The second-order valence-corrected chi connectivity index (χ2v) is 6.96. The van der Waals surface area contributed by atoms with Crippen LogP contribution in [0, 0.1) is 0 Å². The molecule has 0 aromatic heterocycles. The Hall–Kier alpha value is -0.980. The van der Waals surface area contributed by atoms with Gasteiger partial charge in [0.2, 0.25) is 0 Å². The van der Waals surface area contributed by atoms with Crippen LogP contribution in [0.4, 0.5) is 5.69 Å². The molecule has 2 heterocycles. The van der Waals surface area contributed by atoms with E-state index in [-0.39, 0.29) is 24.2 Å². The van der Waals surface area contributed by atoms with Crippen molar-refractivity contribution in [2.24, 2.45) is 0 Å². The zero-order valence-corrected chi connectivity index (χ0v) is 11.9. The van der Waals surface area contributed by atoms with Gasteiger partial charge in [-0.2, -0.15) is 0 Å². The number of halogens is 1. The minimum absolute atomic E-state index is 0. The van der Waals surface area contributed by atoms with Gasteiger partial charge in [-0.3, -0.25) is 0 Å². The molecule has 2 N–H and O–H groups in total. The van der Waals surface area contributed by atoms with E-state index in [0.29, 0.717) is 19.0 Å². The van der Waals surface area contributed by atoms with Crippen molar-refractivity contribution in [3.8, 4) is 11.5 Å². The summed E-state index contributed by atoms with van der Waals surface area (Å²) in [6, 6.07) is 5.86. The summed E-state index contributed by atoms with van der Waals surface area (Å²) in [5, 5.41) is 2.02. The van der Waals surface area contributed by atoms with Crippen molar-refractivity contribution in [3.63, 3.8) is 0 Å². The molecule has 1 unspecified atom stereocenters. The topological polar surface area (TPSA) is 69.2 Å². The van der Waals surface area contributed by atoms with Crippen LogP contribution in [0.2, 0.25) is 0 Å². The molecule has 19 heavy (non-hydrogen) atoms. The molecule has 0 bridgehead atoms. The van der Waals surface area contributed by atoms with Gasteiger partial charge in [-0.15, -0.1) is 0 Å². The first-order chi connectivity index (χ1) is 8.62. The fourth-order valence-corrected chi connectivity index (χ4v) is 4.13. The van der Waals surface area contributed by atoms with E-state index >= 15 is 0 Å². The quantitative estimate of drug-likeness (QED) is 0.586. The molecule has 1 fully saturated rings. The molecular weight excluding hydrogens is 290 g/mol. The first-order valence-corrected chi connectivity index (χ1v) is 7.89. The summed E-state index contributed by atoms with van der Waals surface area (Å²) < 4.78 is 33.8. The van der Waals surface area contributed by atoms with Gasteiger partial charge >= 0.3 is 0 Å². The molecule has 5 nitrogen and oxygen atoms in total. The number of benzene rings is 1. The minimum Gasteiger partial charge on any atom is -1.00 e. The lowest BCUT2D eigenvalue weighted by atomic mass is 10.2. The maximum atomic E-state index is 11.4. The number of ether oxygens (including phenoxy) is 2. The summed E-state index contributed by atoms with van der Waals surface area (Å²) in [6.45, 7) is 1.14. The number of fused-ring (bicyclic) bond motifs is 1. The van der Waals surface area contributed by atoms with Crippen LogP contribution in [-0.4, -0.2) is 39.2 Å². The maximum Gasteiger partial charge on any atom is 0.167 e. The van der Waals surface area contributed by atoms with Crippen molar-refractivity contribution in [2.75, 3.05) is 24.7 Å². The summed E-state index contributed by atoms with van der Waals surface area (Å²) in [4.78, 5) is 0. The molecule has 1 aromatic rings. The molecule has 1 atom stereocenters. The Morgan fingerprint density at radius 1 is 1.16 bits per heavy atom. The van der Waals surface area contributed by atoms with Crippen LogP contribution < -0.4 is 27.2 Å². The van der Waals surface area contributed by atoms with Gasteiger partial charge in [0, 0.05) is 18.6 Å². The van der Waals surface area contributed by atoms with Gasteiger partial charge in [0.25, 0.3) is 0 Å². The minimum atomic E-state index is -2.82. The van der Waals surface area contributed by atoms with Crippen LogP contribution in [0.25, 0.3) is 0 Å². The summed E-state index contributed by atoms with van der Waals surface area (Å²) in [5.41, 5.74) is 1.00. The van der Waals surface area contributed by atoms with Gasteiger partial charge in [0.1, 0.15) is 30.7 Å². The fraction of sp³-hybridized carbons (Fsp3) is 0.500. The number of nitrogens with two attached hydrogens (primary N) is 1. The number of quaternary nitrogens is 1. The Kier molecular flexibility index (Phi) is 4.23. The molecule has 0 saturated carbocycles. The first-order valence-electron chi connectivity index (χ1n) is 6.07. The molecule has 2 aliphatic rings. The predicted molar refractivity (Wildman–Crippen MR) is 66.1 cm³/mol. The van der Waals surface area contributed by atoms with Gasteiger partial charge in [0.15, 0.2) is 21.3 Å². The molecule has 7 heteroatoms. The molecule has 0 spiro atoms. The molecule has 0 radical (unpaired) electrons. The van der Waals surface area contributed by atoms with Gasteiger partial charge in [-0.1, -0.05) is 0 Å². The summed E-state index contributed by atoms with van der Waals surface area (Å²) in [5.74, 6) is 2.08. The lowest BCUT2D eigenvalue weighted by molar-refractivity contribution is -0.605. The zero-order valence-electron chi connectivity index (χ0n) is 10.3. The SMILES string of the molecule is O=S1(=O)CCC([NH2+]c2ccc3c(c2)OCCO3)C1.[Cl-]. The Bertz CT molecular complexity index is 561. The van der Waals surface area contributed by atoms with Crippen molar-refractivity contribution in [3.05, 3.63) is 18.2 Å². The highest BCUT2D eigenvalue weighted by molar-refractivity contribution is 7.91. The smallest absolute Gasteiger partial charge is 0.167 e. The van der Waals surface area contributed by atoms with Crippen molar-refractivity contribution >= 4 is 15.5 Å². The van der Waals surface area contributed by atoms with Crippen molar-refractivity contribution in [1.82, 2.24) is 0 Å². The van der Waals surface area contributed by atoms with Crippen LogP contribution in [-0.2, 0) is 9.84 Å². The summed E-state index contributed by atoms with van der Waals surface area (Å²) in [6.07, 6.45) is 0.719. The van der Waals surface area contributed by atoms with E-state index in [1.165, 1.54) is 0 Å². The fourth-order valence-electron chi connectivity index (χ4n) is 2.39. The molecule has 0 aliphatic carbocycles. The van der Waals surface area contributed by atoms with Crippen LogP contribution in [0.5, 0.6) is 11.5 Å². The van der Waals surface area contributed by atoms with E-state index in [0.717, 1.165) is 23.6 Å². The number of rotatable bonds is 2. The van der Waals surface area contributed by atoms with Gasteiger partial charge in [0.05, 0.1) is 5.75 Å². The Balaban J connectivity index is 0.00000133. The molecular formula is C12H16ClNO4S. The van der Waals surface area contributed by atoms with Crippen molar-refractivity contribution in [1.29, 1.82) is 0 Å². The highest BCUT2D eigenvalue weighted by Crippen LogP contribution is 2.31. The van der Waals surface area contributed by atoms with Gasteiger partial charge in [-0.25, -0.2) is 8.42 Å². The van der Waals surface area contributed by atoms with Crippen molar-refractivity contribution < 1.29 is 35.6 Å². The monoisotopic (exact) mass is 305 g/mol. The molecule has 106 valence electrons. The van der Waals surface area contributed by atoms with Crippen LogP contribution in [0.3, 0.4) is 0 Å². The average molecular weight is 306 g/mol. The number of hydrogen-bond acceptors (Lipinski definition) is 4. The summed E-state index contributed by atoms with van der Waals surface area (Å²) in [7, 11) is -2.82. The predicted octanol–water partition coefficient (Wildman–Crippen LogP) is -3.16. The molecule has 2 aliphatic heterocycles. The summed E-state index contributed by atoms with van der Waals surface area (Å²) >= 11 is 0. The van der Waals surface area contributed by atoms with Gasteiger partial charge < -0.3 is 27.2 Å². The molecule has 3 rings (SSSR count). The normalized spacial score (nSPS) is 23.7. The maximum absolute atomic E-state index is 11.4. The van der Waals surface area contributed by atoms with Crippen molar-refractivity contribution in [2.45, 2.75) is 12.5 Å². The van der Waals surface area contributed by atoms with Crippen LogP contribution >= 0.6 is 0 Å². The third-order valence-corrected chi connectivity index (χ3v) is 5.06. The van der Waals surface area contributed by atoms with E-state index in [9.17, 15) is 8.42 Å². The standard InChI is InChI=1S/C12H15NO4S.ClH/c14-18(15)6-3-10(8-18)13-9-1-2-11-12(7-9)17-5-4-16-11;/h1-2,7,10,13H,3-6,8H2;1H. The Morgan fingerprint density at radius 3 is 2.58 bits per heavy atom. The third kappa shape index (κ3) is 3.32. The van der Waals surface area contributed by atoms with Gasteiger partial charge in [-0.05, 0) is 6.07 Å². The van der Waals surface area contributed by atoms with E-state index < -0.39 is 9.84 Å². The van der Waals surface area contributed by atoms with Crippen LogP contribution in [0.15, 0.2) is 18.2 Å². The third-order valence-electron chi connectivity index (χ3n) is 3.26. The van der Waals surface area contributed by atoms with E-state index in [2.05, 4.69) is 0 Å². The highest BCUT2D eigenvalue weighted by atomic mass is 35.5. The van der Waals surface area contributed by atoms with E-state index in [1.54, 1.807) is 0 Å². The Morgan fingerprint density at radius 2 is 1.89 bits per heavy atom. The lowest BCUT2D eigenvalue weighted by Gasteiger charge is -2.18. The molecule has 1 saturated heterocycles. The molecule has 0 amide bonds. The van der Waals surface area contributed by atoms with E-state index in [1.807, 2.05) is 23.5 Å².